The lowest BCUT2D eigenvalue weighted by Crippen LogP contribution is -2.44. The Morgan fingerprint density at radius 3 is 3.16 bits per heavy atom. The first-order valence-corrected chi connectivity index (χ1v) is 7.10. The molecule has 1 spiro atoms. The van der Waals surface area contributed by atoms with Gasteiger partial charge in [0.05, 0.1) is 5.39 Å². The molecule has 0 aliphatic carbocycles. The maximum Gasteiger partial charge on any atom is 0.142 e. The predicted molar refractivity (Wildman–Crippen MR) is 75.3 cm³/mol. The highest BCUT2D eigenvalue weighted by Gasteiger charge is 2.38. The van der Waals surface area contributed by atoms with E-state index in [1.807, 2.05) is 6.20 Å². The van der Waals surface area contributed by atoms with Crippen molar-refractivity contribution in [3.05, 3.63) is 18.6 Å². The summed E-state index contributed by atoms with van der Waals surface area (Å²) in [6.07, 6.45) is 7.52. The van der Waals surface area contributed by atoms with E-state index in [1.165, 1.54) is 19.3 Å². The van der Waals surface area contributed by atoms with Crippen molar-refractivity contribution in [2.45, 2.75) is 19.3 Å². The molecule has 0 bridgehead atoms. The first-order chi connectivity index (χ1) is 9.36. The Labute approximate surface area is 112 Å². The van der Waals surface area contributed by atoms with Crippen LogP contribution in [-0.4, -0.2) is 41.1 Å². The lowest BCUT2D eigenvalue weighted by atomic mass is 9.79. The summed E-state index contributed by atoms with van der Waals surface area (Å²) in [7, 11) is 0. The maximum atomic E-state index is 4.53. The van der Waals surface area contributed by atoms with Gasteiger partial charge in [0.25, 0.3) is 0 Å². The lowest BCUT2D eigenvalue weighted by molar-refractivity contribution is 0.260. The summed E-state index contributed by atoms with van der Waals surface area (Å²) in [6, 6.07) is 2.08. The van der Waals surface area contributed by atoms with Gasteiger partial charge in [0.1, 0.15) is 17.8 Å². The predicted octanol–water partition coefficient (Wildman–Crippen LogP) is 1.54. The van der Waals surface area contributed by atoms with Gasteiger partial charge in [-0.15, -0.1) is 0 Å². The van der Waals surface area contributed by atoms with Crippen LogP contribution in [-0.2, 0) is 0 Å². The van der Waals surface area contributed by atoms with Crippen molar-refractivity contribution in [3.63, 3.8) is 0 Å². The number of fused-ring (bicyclic) bond motifs is 1. The van der Waals surface area contributed by atoms with Crippen molar-refractivity contribution in [3.8, 4) is 0 Å². The molecule has 5 nitrogen and oxygen atoms in total. The zero-order chi connectivity index (χ0) is 12.7. The number of rotatable bonds is 1. The van der Waals surface area contributed by atoms with Gasteiger partial charge >= 0.3 is 0 Å². The molecule has 0 unspecified atom stereocenters. The quantitative estimate of drug-likeness (QED) is 0.813. The van der Waals surface area contributed by atoms with E-state index in [1.54, 1.807) is 6.33 Å². The number of nitrogens with one attached hydrogen (secondary N) is 2. The van der Waals surface area contributed by atoms with Crippen molar-refractivity contribution in [1.82, 2.24) is 20.3 Å². The largest absolute Gasteiger partial charge is 0.355 e. The molecule has 100 valence electrons. The first kappa shape index (κ1) is 11.2. The average molecular weight is 257 g/mol. The SMILES string of the molecule is c1nc(N2CCC[C@]3(CCNC3)C2)c2cc[nH]c2n1. The van der Waals surface area contributed by atoms with Crippen molar-refractivity contribution >= 4 is 16.9 Å². The molecule has 4 heterocycles. The molecule has 0 radical (unpaired) electrons. The van der Waals surface area contributed by atoms with Crippen LogP contribution in [0.1, 0.15) is 19.3 Å². The van der Waals surface area contributed by atoms with Gasteiger partial charge in [-0.1, -0.05) is 0 Å². The summed E-state index contributed by atoms with van der Waals surface area (Å²) in [5, 5.41) is 4.67. The molecule has 4 rings (SSSR count). The Morgan fingerprint density at radius 1 is 1.26 bits per heavy atom. The van der Waals surface area contributed by atoms with E-state index in [9.17, 15) is 0 Å². The van der Waals surface area contributed by atoms with Crippen LogP contribution in [0.3, 0.4) is 0 Å². The fourth-order valence-corrected chi connectivity index (χ4v) is 3.64. The summed E-state index contributed by atoms with van der Waals surface area (Å²) >= 11 is 0. The Hall–Kier alpha value is -1.62. The summed E-state index contributed by atoms with van der Waals surface area (Å²) in [5.41, 5.74) is 1.40. The summed E-state index contributed by atoms with van der Waals surface area (Å²) in [4.78, 5) is 14.4. The second-order valence-corrected chi connectivity index (χ2v) is 5.89. The van der Waals surface area contributed by atoms with E-state index in [0.717, 1.165) is 43.0 Å². The molecule has 1 atom stereocenters. The highest BCUT2D eigenvalue weighted by atomic mass is 15.2. The standard InChI is InChI=1S/C14H19N5/c1-3-14(4-6-15-8-14)9-19(7-1)13-11-2-5-16-12(11)17-10-18-13/h2,5,10,15H,1,3-4,6-9H2,(H,16,17,18)/t14-/m1/s1. The van der Waals surface area contributed by atoms with Crippen molar-refractivity contribution in [1.29, 1.82) is 0 Å². The molecule has 2 aromatic heterocycles. The maximum absolute atomic E-state index is 4.53. The van der Waals surface area contributed by atoms with E-state index in [0.29, 0.717) is 5.41 Å². The average Bonchev–Trinajstić information content (AvgIpc) is 3.07. The van der Waals surface area contributed by atoms with E-state index in [4.69, 9.17) is 0 Å². The third kappa shape index (κ3) is 1.80. The van der Waals surface area contributed by atoms with E-state index in [2.05, 4.69) is 31.2 Å². The van der Waals surface area contributed by atoms with Gasteiger partial charge in [-0.25, -0.2) is 9.97 Å². The third-order valence-corrected chi connectivity index (χ3v) is 4.63. The van der Waals surface area contributed by atoms with Crippen molar-refractivity contribution < 1.29 is 0 Å². The summed E-state index contributed by atoms with van der Waals surface area (Å²) in [5.74, 6) is 1.09. The van der Waals surface area contributed by atoms with Crippen LogP contribution in [0.2, 0.25) is 0 Å². The minimum atomic E-state index is 0.464. The van der Waals surface area contributed by atoms with Gasteiger partial charge in [-0.3, -0.25) is 0 Å². The van der Waals surface area contributed by atoms with Crippen molar-refractivity contribution in [2.75, 3.05) is 31.1 Å². The fraction of sp³-hybridized carbons (Fsp3) is 0.571. The Morgan fingerprint density at radius 2 is 2.26 bits per heavy atom. The zero-order valence-corrected chi connectivity index (χ0v) is 11.0. The number of H-pyrrole nitrogens is 1. The molecule has 0 amide bonds. The van der Waals surface area contributed by atoms with Gasteiger partial charge in [-0.2, -0.15) is 0 Å². The Bertz CT molecular complexity index is 584. The molecule has 5 heteroatoms. The molecule has 2 aliphatic heterocycles. The van der Waals surface area contributed by atoms with Gasteiger partial charge in [-0.05, 0) is 31.9 Å². The van der Waals surface area contributed by atoms with E-state index < -0.39 is 0 Å². The minimum absolute atomic E-state index is 0.464. The molecular weight excluding hydrogens is 238 g/mol. The normalized spacial score (nSPS) is 27.5. The second-order valence-electron chi connectivity index (χ2n) is 5.89. The molecule has 2 fully saturated rings. The number of aromatic nitrogens is 3. The summed E-state index contributed by atoms with van der Waals surface area (Å²) < 4.78 is 0. The first-order valence-electron chi connectivity index (χ1n) is 7.10. The molecular formula is C14H19N5. The minimum Gasteiger partial charge on any atom is -0.355 e. The molecule has 0 saturated carbocycles. The van der Waals surface area contributed by atoms with Crippen LogP contribution >= 0.6 is 0 Å². The van der Waals surface area contributed by atoms with Crippen molar-refractivity contribution in [2.24, 2.45) is 5.41 Å². The van der Waals surface area contributed by atoms with Gasteiger partial charge in [0.15, 0.2) is 0 Å². The van der Waals surface area contributed by atoms with Crippen LogP contribution in [0, 0.1) is 5.41 Å². The summed E-state index contributed by atoms with van der Waals surface area (Å²) in [6.45, 7) is 4.55. The van der Waals surface area contributed by atoms with Crippen LogP contribution in [0.5, 0.6) is 0 Å². The molecule has 2 aromatic rings. The lowest BCUT2D eigenvalue weighted by Gasteiger charge is -2.40. The molecule has 19 heavy (non-hydrogen) atoms. The number of aromatic amines is 1. The highest BCUT2D eigenvalue weighted by molar-refractivity contribution is 5.87. The molecule has 2 saturated heterocycles. The van der Waals surface area contributed by atoms with Gasteiger partial charge in [0, 0.05) is 31.2 Å². The second kappa shape index (κ2) is 4.20. The number of nitrogens with zero attached hydrogens (tertiary/aromatic N) is 3. The Kier molecular flexibility index (Phi) is 2.48. The smallest absolute Gasteiger partial charge is 0.142 e. The number of hydrogen-bond acceptors (Lipinski definition) is 4. The van der Waals surface area contributed by atoms with E-state index in [-0.39, 0.29) is 0 Å². The van der Waals surface area contributed by atoms with Gasteiger partial charge in [0.2, 0.25) is 0 Å². The fourth-order valence-electron chi connectivity index (χ4n) is 3.64. The highest BCUT2D eigenvalue weighted by Crippen LogP contribution is 2.37. The number of hydrogen-bond donors (Lipinski definition) is 2. The third-order valence-electron chi connectivity index (χ3n) is 4.63. The van der Waals surface area contributed by atoms with Crippen LogP contribution in [0.15, 0.2) is 18.6 Å². The topological polar surface area (TPSA) is 56.8 Å². The Balaban J connectivity index is 1.70. The number of anilines is 1. The monoisotopic (exact) mass is 257 g/mol. The van der Waals surface area contributed by atoms with E-state index >= 15 is 0 Å². The van der Waals surface area contributed by atoms with Crippen LogP contribution < -0.4 is 10.2 Å². The molecule has 0 aromatic carbocycles. The zero-order valence-electron chi connectivity index (χ0n) is 11.0. The number of piperidine rings is 1. The van der Waals surface area contributed by atoms with Crippen LogP contribution in [0.25, 0.3) is 11.0 Å². The van der Waals surface area contributed by atoms with Gasteiger partial charge < -0.3 is 15.2 Å². The molecule has 2 aliphatic rings. The van der Waals surface area contributed by atoms with Crippen LogP contribution in [0.4, 0.5) is 5.82 Å². The molecule has 2 N–H and O–H groups in total.